The largest absolute Gasteiger partial charge is 0.379 e. The highest BCUT2D eigenvalue weighted by Gasteiger charge is 2.14. The molecule has 0 unspecified atom stereocenters. The van der Waals surface area contributed by atoms with Gasteiger partial charge in [0.25, 0.3) is 0 Å². The molecule has 0 radical (unpaired) electrons. The van der Waals surface area contributed by atoms with Gasteiger partial charge in [-0.05, 0) is 43.3 Å². The van der Waals surface area contributed by atoms with Crippen molar-refractivity contribution in [2.24, 2.45) is 0 Å². The van der Waals surface area contributed by atoms with Gasteiger partial charge in [-0.1, -0.05) is 12.1 Å². The monoisotopic (exact) mass is 472 g/mol. The SMILES string of the molecule is Cc1cccc(-c2nccc(Nc3ccnc(Nc4ccc(CN5CCOCC5)c(F)c4)n3)n2)n1. The Hall–Kier alpha value is -4.02. The molecule has 1 aromatic carbocycles. The Bertz CT molecular complexity index is 1310. The summed E-state index contributed by atoms with van der Waals surface area (Å²) in [4.78, 5) is 24.2. The first-order chi connectivity index (χ1) is 17.1. The zero-order valence-corrected chi connectivity index (χ0v) is 19.3. The number of pyridine rings is 1. The van der Waals surface area contributed by atoms with Gasteiger partial charge in [0.2, 0.25) is 5.95 Å². The lowest BCUT2D eigenvalue weighted by Gasteiger charge is -2.26. The number of hydrogen-bond acceptors (Lipinski definition) is 9. The van der Waals surface area contributed by atoms with Gasteiger partial charge in [0, 0.05) is 49.0 Å². The lowest BCUT2D eigenvalue weighted by atomic mass is 10.1. The first-order valence-corrected chi connectivity index (χ1v) is 11.3. The molecule has 1 aliphatic heterocycles. The second-order valence-corrected chi connectivity index (χ2v) is 8.14. The van der Waals surface area contributed by atoms with E-state index >= 15 is 0 Å². The molecule has 0 atom stereocenters. The highest BCUT2D eigenvalue weighted by atomic mass is 19.1. The van der Waals surface area contributed by atoms with Gasteiger partial charge in [0.15, 0.2) is 5.82 Å². The molecule has 178 valence electrons. The van der Waals surface area contributed by atoms with Crippen LogP contribution in [0.2, 0.25) is 0 Å². The van der Waals surface area contributed by atoms with Gasteiger partial charge < -0.3 is 15.4 Å². The number of aryl methyl sites for hydroxylation is 1. The Labute approximate surface area is 202 Å². The van der Waals surface area contributed by atoms with Crippen molar-refractivity contribution >= 4 is 23.3 Å². The molecular formula is C25H25FN8O. The molecule has 4 heterocycles. The van der Waals surface area contributed by atoms with Crippen molar-refractivity contribution in [2.75, 3.05) is 36.9 Å². The van der Waals surface area contributed by atoms with Crippen LogP contribution < -0.4 is 10.6 Å². The number of nitrogens with one attached hydrogen (secondary N) is 2. The lowest BCUT2D eigenvalue weighted by molar-refractivity contribution is 0.0337. The Morgan fingerprint density at radius 2 is 1.71 bits per heavy atom. The van der Waals surface area contributed by atoms with E-state index in [1.807, 2.05) is 31.2 Å². The molecule has 35 heavy (non-hydrogen) atoms. The van der Waals surface area contributed by atoms with Crippen LogP contribution in [0.4, 0.5) is 27.7 Å². The number of halogens is 1. The van der Waals surface area contributed by atoms with Crippen LogP contribution in [-0.4, -0.2) is 56.1 Å². The van der Waals surface area contributed by atoms with Crippen molar-refractivity contribution in [1.82, 2.24) is 29.8 Å². The number of benzene rings is 1. The van der Waals surface area contributed by atoms with Crippen molar-refractivity contribution < 1.29 is 9.13 Å². The third kappa shape index (κ3) is 5.92. The quantitative estimate of drug-likeness (QED) is 0.412. The minimum absolute atomic E-state index is 0.269. The summed E-state index contributed by atoms with van der Waals surface area (Å²) in [5.74, 6) is 1.69. The summed E-state index contributed by atoms with van der Waals surface area (Å²) in [6, 6.07) is 14.3. The van der Waals surface area contributed by atoms with Crippen LogP contribution in [-0.2, 0) is 11.3 Å². The smallest absolute Gasteiger partial charge is 0.229 e. The normalized spacial score (nSPS) is 14.0. The van der Waals surface area contributed by atoms with E-state index in [-0.39, 0.29) is 5.82 Å². The topological polar surface area (TPSA) is 101 Å². The Morgan fingerprint density at radius 3 is 2.51 bits per heavy atom. The zero-order chi connectivity index (χ0) is 24.0. The van der Waals surface area contributed by atoms with Crippen LogP contribution in [0, 0.1) is 12.7 Å². The van der Waals surface area contributed by atoms with E-state index in [0.717, 1.165) is 18.8 Å². The molecule has 0 amide bonds. The maximum absolute atomic E-state index is 14.7. The molecule has 1 aliphatic rings. The number of nitrogens with zero attached hydrogens (tertiary/aromatic N) is 6. The van der Waals surface area contributed by atoms with E-state index in [1.54, 1.807) is 30.6 Å². The Balaban J connectivity index is 1.26. The van der Waals surface area contributed by atoms with E-state index < -0.39 is 0 Å². The minimum Gasteiger partial charge on any atom is -0.379 e. The van der Waals surface area contributed by atoms with Crippen LogP contribution in [0.15, 0.2) is 60.9 Å². The molecule has 0 spiro atoms. The molecule has 0 aliphatic carbocycles. The van der Waals surface area contributed by atoms with Gasteiger partial charge in [-0.25, -0.2) is 24.3 Å². The number of aromatic nitrogens is 5. The molecule has 0 bridgehead atoms. The van der Waals surface area contributed by atoms with E-state index in [9.17, 15) is 4.39 Å². The first-order valence-electron chi connectivity index (χ1n) is 11.3. The minimum atomic E-state index is -0.269. The number of anilines is 4. The summed E-state index contributed by atoms with van der Waals surface area (Å²) < 4.78 is 20.1. The summed E-state index contributed by atoms with van der Waals surface area (Å²) in [5.41, 5.74) is 2.80. The van der Waals surface area contributed by atoms with Crippen LogP contribution in [0.25, 0.3) is 11.5 Å². The van der Waals surface area contributed by atoms with Gasteiger partial charge in [-0.2, -0.15) is 4.98 Å². The lowest BCUT2D eigenvalue weighted by Crippen LogP contribution is -2.35. The van der Waals surface area contributed by atoms with Crippen molar-refractivity contribution in [3.8, 4) is 11.5 Å². The van der Waals surface area contributed by atoms with Gasteiger partial charge >= 0.3 is 0 Å². The fraction of sp³-hybridized carbons (Fsp3) is 0.240. The first kappa shape index (κ1) is 22.8. The molecule has 2 N–H and O–H groups in total. The van der Waals surface area contributed by atoms with Crippen LogP contribution in [0.5, 0.6) is 0 Å². The van der Waals surface area contributed by atoms with Crippen molar-refractivity contribution in [1.29, 1.82) is 0 Å². The summed E-state index contributed by atoms with van der Waals surface area (Å²) in [6.45, 7) is 5.46. The number of hydrogen-bond donors (Lipinski definition) is 2. The fourth-order valence-corrected chi connectivity index (χ4v) is 3.72. The average molecular weight is 473 g/mol. The molecule has 3 aromatic heterocycles. The summed E-state index contributed by atoms with van der Waals surface area (Å²) in [7, 11) is 0. The Morgan fingerprint density at radius 1 is 0.914 bits per heavy atom. The molecule has 4 aromatic rings. The van der Waals surface area contributed by atoms with Crippen LogP contribution in [0.3, 0.4) is 0 Å². The summed E-state index contributed by atoms with van der Waals surface area (Å²) in [6.07, 6.45) is 3.28. The second kappa shape index (κ2) is 10.5. The Kier molecular flexibility index (Phi) is 6.82. The van der Waals surface area contributed by atoms with Gasteiger partial charge in [-0.3, -0.25) is 4.90 Å². The highest BCUT2D eigenvalue weighted by molar-refractivity contribution is 5.59. The number of morpholine rings is 1. The van der Waals surface area contributed by atoms with Crippen molar-refractivity contribution in [3.63, 3.8) is 0 Å². The van der Waals surface area contributed by atoms with E-state index in [0.29, 0.717) is 60.1 Å². The molecule has 0 saturated carbocycles. The summed E-state index contributed by atoms with van der Waals surface area (Å²) >= 11 is 0. The van der Waals surface area contributed by atoms with Crippen LogP contribution >= 0.6 is 0 Å². The standard InChI is InChI=1S/C25H25FN8O/c1-17-3-2-4-21(29-17)24-27-9-7-22(32-24)31-23-8-10-28-25(33-23)30-19-6-5-18(20(26)15-19)16-34-11-13-35-14-12-34/h2-10,15H,11-14,16H2,1H3,(H2,27,28,30,31,32,33). The van der Waals surface area contributed by atoms with Gasteiger partial charge in [-0.15, -0.1) is 0 Å². The molecule has 1 fully saturated rings. The predicted molar refractivity (Wildman–Crippen MR) is 131 cm³/mol. The summed E-state index contributed by atoms with van der Waals surface area (Å²) in [5, 5.41) is 6.23. The van der Waals surface area contributed by atoms with Crippen LogP contribution in [0.1, 0.15) is 11.3 Å². The van der Waals surface area contributed by atoms with E-state index in [1.165, 1.54) is 6.07 Å². The van der Waals surface area contributed by atoms with Gasteiger partial charge in [0.05, 0.1) is 13.2 Å². The predicted octanol–water partition coefficient (Wildman–Crippen LogP) is 4.10. The molecular weight excluding hydrogens is 447 g/mol. The van der Waals surface area contributed by atoms with E-state index in [4.69, 9.17) is 4.74 Å². The zero-order valence-electron chi connectivity index (χ0n) is 19.3. The highest BCUT2D eigenvalue weighted by Crippen LogP contribution is 2.21. The molecule has 1 saturated heterocycles. The van der Waals surface area contributed by atoms with Crippen molar-refractivity contribution in [3.05, 3.63) is 78.0 Å². The van der Waals surface area contributed by atoms with E-state index in [2.05, 4.69) is 40.5 Å². The second-order valence-electron chi connectivity index (χ2n) is 8.14. The van der Waals surface area contributed by atoms with Crippen molar-refractivity contribution in [2.45, 2.75) is 13.5 Å². The molecule has 9 nitrogen and oxygen atoms in total. The third-order valence-corrected chi connectivity index (χ3v) is 5.49. The fourth-order valence-electron chi connectivity index (χ4n) is 3.72. The average Bonchev–Trinajstić information content (AvgIpc) is 2.87. The third-order valence-electron chi connectivity index (χ3n) is 5.49. The molecule has 5 rings (SSSR count). The molecule has 10 heteroatoms. The van der Waals surface area contributed by atoms with Gasteiger partial charge in [0.1, 0.15) is 23.1 Å². The maximum Gasteiger partial charge on any atom is 0.229 e. The number of rotatable bonds is 7. The maximum atomic E-state index is 14.7. The number of ether oxygens (including phenoxy) is 1.